The van der Waals surface area contributed by atoms with Gasteiger partial charge in [-0.3, -0.25) is 0 Å². The lowest BCUT2D eigenvalue weighted by Crippen LogP contribution is -2.07. The summed E-state index contributed by atoms with van der Waals surface area (Å²) in [6.45, 7) is 9.97. The Balaban J connectivity index is 4.35. The SMILES string of the molecule is C=C(C)C(NC)=C(C)C. The van der Waals surface area contributed by atoms with Crippen molar-refractivity contribution in [3.8, 4) is 0 Å². The second kappa shape index (κ2) is 3.33. The van der Waals surface area contributed by atoms with Gasteiger partial charge in [-0.25, -0.2) is 0 Å². The Morgan fingerprint density at radius 2 is 1.67 bits per heavy atom. The summed E-state index contributed by atoms with van der Waals surface area (Å²) in [6.07, 6.45) is 0. The Morgan fingerprint density at radius 3 is 1.67 bits per heavy atom. The van der Waals surface area contributed by atoms with E-state index in [1.807, 2.05) is 14.0 Å². The van der Waals surface area contributed by atoms with Crippen LogP contribution in [0.2, 0.25) is 0 Å². The maximum Gasteiger partial charge on any atom is 0.0347 e. The highest BCUT2D eigenvalue weighted by atomic mass is 14.8. The molecule has 1 heteroatoms. The molecule has 52 valence electrons. The third-order valence-electron chi connectivity index (χ3n) is 1.18. The standard InChI is InChI=1S/C8H15N/c1-6(2)8(9-5)7(3)4/h9H,1H2,2-5H3. The molecular formula is C8H15N. The fourth-order valence-electron chi connectivity index (χ4n) is 0.890. The summed E-state index contributed by atoms with van der Waals surface area (Å²) in [5.41, 5.74) is 3.54. The van der Waals surface area contributed by atoms with E-state index in [0.29, 0.717) is 0 Å². The molecule has 0 aromatic rings. The van der Waals surface area contributed by atoms with Crippen molar-refractivity contribution in [2.24, 2.45) is 0 Å². The van der Waals surface area contributed by atoms with E-state index in [1.54, 1.807) is 0 Å². The van der Waals surface area contributed by atoms with Crippen LogP contribution in [0.1, 0.15) is 20.8 Å². The Bertz CT molecular complexity index is 139. The second-order valence-corrected chi connectivity index (χ2v) is 2.41. The van der Waals surface area contributed by atoms with E-state index in [0.717, 1.165) is 11.3 Å². The number of allylic oxidation sites excluding steroid dienone is 2. The number of hydrogen-bond donors (Lipinski definition) is 1. The van der Waals surface area contributed by atoms with Gasteiger partial charge in [0.05, 0.1) is 0 Å². The molecule has 0 aromatic heterocycles. The monoisotopic (exact) mass is 125 g/mol. The van der Waals surface area contributed by atoms with E-state index >= 15 is 0 Å². The topological polar surface area (TPSA) is 12.0 Å². The molecule has 0 aliphatic carbocycles. The van der Waals surface area contributed by atoms with Gasteiger partial charge >= 0.3 is 0 Å². The molecule has 0 atom stereocenters. The van der Waals surface area contributed by atoms with Gasteiger partial charge < -0.3 is 5.32 Å². The van der Waals surface area contributed by atoms with Crippen LogP contribution in [0.4, 0.5) is 0 Å². The molecule has 0 bridgehead atoms. The lowest BCUT2D eigenvalue weighted by atomic mass is 10.1. The molecule has 1 N–H and O–H groups in total. The van der Waals surface area contributed by atoms with Crippen LogP contribution in [-0.2, 0) is 0 Å². The van der Waals surface area contributed by atoms with Crippen LogP contribution in [-0.4, -0.2) is 7.05 Å². The molecular weight excluding hydrogens is 110 g/mol. The maximum absolute atomic E-state index is 3.83. The van der Waals surface area contributed by atoms with Crippen LogP contribution < -0.4 is 5.32 Å². The third kappa shape index (κ3) is 2.36. The molecule has 0 aromatic carbocycles. The Hall–Kier alpha value is -0.720. The summed E-state index contributed by atoms with van der Waals surface area (Å²) < 4.78 is 0. The van der Waals surface area contributed by atoms with Crippen molar-refractivity contribution >= 4 is 0 Å². The minimum Gasteiger partial charge on any atom is -0.388 e. The van der Waals surface area contributed by atoms with Gasteiger partial charge in [0.25, 0.3) is 0 Å². The zero-order chi connectivity index (χ0) is 7.44. The zero-order valence-corrected chi connectivity index (χ0v) is 6.71. The first-order valence-corrected chi connectivity index (χ1v) is 3.10. The van der Waals surface area contributed by atoms with Crippen LogP contribution in [0.25, 0.3) is 0 Å². The van der Waals surface area contributed by atoms with Gasteiger partial charge in [0, 0.05) is 12.7 Å². The summed E-state index contributed by atoms with van der Waals surface area (Å²) in [7, 11) is 1.91. The lowest BCUT2D eigenvalue weighted by Gasteiger charge is -2.07. The van der Waals surface area contributed by atoms with Gasteiger partial charge in [-0.15, -0.1) is 0 Å². The van der Waals surface area contributed by atoms with Gasteiger partial charge in [0.1, 0.15) is 0 Å². The summed E-state index contributed by atoms with van der Waals surface area (Å²) in [4.78, 5) is 0. The minimum atomic E-state index is 1.09. The van der Waals surface area contributed by atoms with Crippen molar-refractivity contribution in [2.45, 2.75) is 20.8 Å². The zero-order valence-electron chi connectivity index (χ0n) is 6.71. The fourth-order valence-corrected chi connectivity index (χ4v) is 0.890. The Kier molecular flexibility index (Phi) is 3.07. The summed E-state index contributed by atoms with van der Waals surface area (Å²) in [6, 6.07) is 0. The predicted octanol–water partition coefficient (Wildman–Crippen LogP) is 2.08. The molecule has 0 unspecified atom stereocenters. The van der Waals surface area contributed by atoms with E-state index in [-0.39, 0.29) is 0 Å². The first kappa shape index (κ1) is 8.28. The highest BCUT2D eigenvalue weighted by Crippen LogP contribution is 2.06. The van der Waals surface area contributed by atoms with Crippen LogP contribution >= 0.6 is 0 Å². The smallest absolute Gasteiger partial charge is 0.0347 e. The molecule has 0 heterocycles. The summed E-state index contributed by atoms with van der Waals surface area (Å²) in [5, 5.41) is 3.08. The van der Waals surface area contributed by atoms with Gasteiger partial charge in [-0.1, -0.05) is 12.2 Å². The van der Waals surface area contributed by atoms with Crippen LogP contribution in [0.5, 0.6) is 0 Å². The largest absolute Gasteiger partial charge is 0.388 e. The average molecular weight is 125 g/mol. The van der Waals surface area contributed by atoms with Gasteiger partial charge in [-0.05, 0) is 26.3 Å². The first-order chi connectivity index (χ1) is 4.09. The van der Waals surface area contributed by atoms with Crippen LogP contribution in [0.15, 0.2) is 23.4 Å². The third-order valence-corrected chi connectivity index (χ3v) is 1.18. The van der Waals surface area contributed by atoms with Crippen molar-refractivity contribution < 1.29 is 0 Å². The molecule has 0 spiro atoms. The van der Waals surface area contributed by atoms with Crippen molar-refractivity contribution in [1.29, 1.82) is 0 Å². The average Bonchev–Trinajstić information content (AvgIpc) is 1.64. The molecule has 9 heavy (non-hydrogen) atoms. The summed E-state index contributed by atoms with van der Waals surface area (Å²) >= 11 is 0. The van der Waals surface area contributed by atoms with Crippen LogP contribution in [0.3, 0.4) is 0 Å². The molecule has 1 nitrogen and oxygen atoms in total. The predicted molar refractivity (Wildman–Crippen MR) is 42.2 cm³/mol. The van der Waals surface area contributed by atoms with Crippen LogP contribution in [0, 0.1) is 0 Å². The maximum atomic E-state index is 3.83. The number of hydrogen-bond acceptors (Lipinski definition) is 1. The van der Waals surface area contributed by atoms with Crippen molar-refractivity contribution in [2.75, 3.05) is 7.05 Å². The number of nitrogens with one attached hydrogen (secondary N) is 1. The molecule has 0 saturated carbocycles. The Morgan fingerprint density at radius 1 is 1.22 bits per heavy atom. The van der Waals surface area contributed by atoms with E-state index in [9.17, 15) is 0 Å². The summed E-state index contributed by atoms with van der Waals surface area (Å²) in [5.74, 6) is 0. The fraction of sp³-hybridized carbons (Fsp3) is 0.500. The van der Waals surface area contributed by atoms with Crippen molar-refractivity contribution in [1.82, 2.24) is 5.32 Å². The van der Waals surface area contributed by atoms with Gasteiger partial charge in [-0.2, -0.15) is 0 Å². The first-order valence-electron chi connectivity index (χ1n) is 3.10. The molecule has 0 rings (SSSR count). The van der Waals surface area contributed by atoms with E-state index < -0.39 is 0 Å². The molecule has 0 aliphatic rings. The highest BCUT2D eigenvalue weighted by Gasteiger charge is 1.94. The molecule has 0 fully saturated rings. The van der Waals surface area contributed by atoms with E-state index in [4.69, 9.17) is 0 Å². The second-order valence-electron chi connectivity index (χ2n) is 2.41. The Labute approximate surface area is 57.5 Å². The van der Waals surface area contributed by atoms with Crippen molar-refractivity contribution in [3.63, 3.8) is 0 Å². The van der Waals surface area contributed by atoms with Crippen molar-refractivity contribution in [3.05, 3.63) is 23.4 Å². The number of likely N-dealkylation sites (N-methyl/N-ethyl adjacent to an activating group) is 1. The normalized spacial score (nSPS) is 8.44. The van der Waals surface area contributed by atoms with E-state index in [2.05, 4.69) is 25.7 Å². The lowest BCUT2D eigenvalue weighted by molar-refractivity contribution is 0.969. The molecule has 0 radical (unpaired) electrons. The van der Waals surface area contributed by atoms with E-state index in [1.165, 1.54) is 5.57 Å². The van der Waals surface area contributed by atoms with Gasteiger partial charge in [0.2, 0.25) is 0 Å². The minimum absolute atomic E-state index is 1.09. The molecule has 0 aliphatic heterocycles. The number of rotatable bonds is 2. The quantitative estimate of drug-likeness (QED) is 0.557. The van der Waals surface area contributed by atoms with Gasteiger partial charge in [0.15, 0.2) is 0 Å². The molecule has 0 saturated heterocycles. The molecule has 0 amide bonds. The highest BCUT2D eigenvalue weighted by molar-refractivity contribution is 5.27.